The highest BCUT2D eigenvalue weighted by atomic mass is 16.5. The molecule has 0 atom stereocenters. The number of methoxy groups -OCH3 is 5. The van der Waals surface area contributed by atoms with Crippen LogP contribution in [0.25, 0.3) is 32.3 Å². The third-order valence-corrected chi connectivity index (χ3v) is 7.11. The number of benzene rings is 6. The molecule has 0 saturated carbocycles. The van der Waals surface area contributed by atoms with Crippen molar-refractivity contribution in [2.45, 2.75) is 33.6 Å². The van der Waals surface area contributed by atoms with E-state index in [4.69, 9.17) is 19.3 Å². The van der Waals surface area contributed by atoms with Gasteiger partial charge in [-0.05, 0) is 64.9 Å². The van der Waals surface area contributed by atoms with Crippen LogP contribution in [0, 0.1) is 0 Å². The molecule has 0 heterocycles. The second-order valence-electron chi connectivity index (χ2n) is 10.5. The standard InChI is InChI=1S/2C13H14O.C11H10O.3C2H6O/c2*1-3-11-12-7-5-4-6-10(12)8-9-13(11)14-2;1-12-11-8-4-6-9-5-2-3-7-10(9)11;2*1-3-2;1-2-3/h2*4-9H,3H2,1-2H3;2-8H,1H3;2*1-2H3;3H,2H2,1H3. The lowest BCUT2D eigenvalue weighted by molar-refractivity contribution is 0.277. The highest BCUT2D eigenvalue weighted by Gasteiger charge is 2.06. The Morgan fingerprint density at radius 1 is 0.388 bits per heavy atom. The van der Waals surface area contributed by atoms with Crippen LogP contribution in [0.2, 0.25) is 0 Å². The van der Waals surface area contributed by atoms with Crippen molar-refractivity contribution in [1.29, 1.82) is 0 Å². The van der Waals surface area contributed by atoms with E-state index in [1.165, 1.54) is 43.4 Å². The molecule has 264 valence electrons. The maximum Gasteiger partial charge on any atom is 0.126 e. The zero-order chi connectivity index (χ0) is 36.4. The lowest BCUT2D eigenvalue weighted by Crippen LogP contribution is -1.91. The predicted octanol–water partition coefficient (Wildman–Crippen LogP) is 10.2. The van der Waals surface area contributed by atoms with Crippen molar-refractivity contribution < 1.29 is 28.8 Å². The molecule has 0 aromatic heterocycles. The lowest BCUT2D eigenvalue weighted by atomic mass is 10.0. The van der Waals surface area contributed by atoms with Gasteiger partial charge in [0.15, 0.2) is 0 Å². The molecule has 49 heavy (non-hydrogen) atoms. The summed E-state index contributed by atoms with van der Waals surface area (Å²) in [6.45, 7) is 6.24. The summed E-state index contributed by atoms with van der Waals surface area (Å²) in [4.78, 5) is 0. The minimum atomic E-state index is 0.250. The van der Waals surface area contributed by atoms with Crippen LogP contribution in [0.15, 0.2) is 115 Å². The average Bonchev–Trinajstić information content (AvgIpc) is 3.15. The predicted molar refractivity (Wildman–Crippen MR) is 209 cm³/mol. The number of ether oxygens (including phenoxy) is 5. The summed E-state index contributed by atoms with van der Waals surface area (Å²) in [7, 11) is 11.6. The van der Waals surface area contributed by atoms with E-state index in [0.717, 1.165) is 30.1 Å². The van der Waals surface area contributed by atoms with Gasteiger partial charge in [0.2, 0.25) is 0 Å². The van der Waals surface area contributed by atoms with Gasteiger partial charge in [0.1, 0.15) is 17.2 Å². The first-order chi connectivity index (χ1) is 23.9. The van der Waals surface area contributed by atoms with E-state index < -0.39 is 0 Å². The van der Waals surface area contributed by atoms with Crippen molar-refractivity contribution in [1.82, 2.24) is 0 Å². The van der Waals surface area contributed by atoms with Crippen LogP contribution in [0.3, 0.4) is 0 Å². The smallest absolute Gasteiger partial charge is 0.126 e. The molecule has 6 rings (SSSR count). The van der Waals surface area contributed by atoms with E-state index in [0.29, 0.717) is 0 Å². The monoisotopic (exact) mass is 668 g/mol. The molecule has 0 spiro atoms. The Morgan fingerprint density at radius 3 is 1.04 bits per heavy atom. The zero-order valence-electron chi connectivity index (χ0n) is 31.1. The highest BCUT2D eigenvalue weighted by molar-refractivity contribution is 5.89. The van der Waals surface area contributed by atoms with Crippen molar-refractivity contribution in [3.8, 4) is 17.2 Å². The molecule has 0 unspecified atom stereocenters. The first-order valence-corrected chi connectivity index (χ1v) is 16.4. The van der Waals surface area contributed by atoms with Gasteiger partial charge in [-0.3, -0.25) is 0 Å². The Morgan fingerprint density at radius 2 is 0.694 bits per heavy atom. The van der Waals surface area contributed by atoms with Crippen molar-refractivity contribution in [3.63, 3.8) is 0 Å². The van der Waals surface area contributed by atoms with Gasteiger partial charge in [0, 0.05) is 51.6 Å². The Bertz CT molecular complexity index is 1650. The van der Waals surface area contributed by atoms with Crippen molar-refractivity contribution in [2.75, 3.05) is 56.4 Å². The van der Waals surface area contributed by atoms with Crippen molar-refractivity contribution in [2.24, 2.45) is 0 Å². The second kappa shape index (κ2) is 25.4. The molecule has 1 N–H and O–H groups in total. The molecule has 6 aromatic carbocycles. The lowest BCUT2D eigenvalue weighted by Gasteiger charge is -2.09. The molecule has 0 aliphatic rings. The minimum Gasteiger partial charge on any atom is -0.496 e. The summed E-state index contributed by atoms with van der Waals surface area (Å²) in [6, 6.07) is 39.4. The van der Waals surface area contributed by atoms with Crippen LogP contribution < -0.4 is 14.2 Å². The van der Waals surface area contributed by atoms with Gasteiger partial charge < -0.3 is 28.8 Å². The normalized spacial score (nSPS) is 9.53. The Kier molecular flexibility index (Phi) is 22.0. The molecule has 6 nitrogen and oxygen atoms in total. The van der Waals surface area contributed by atoms with Gasteiger partial charge in [-0.15, -0.1) is 0 Å². The van der Waals surface area contributed by atoms with Crippen LogP contribution in [-0.2, 0) is 22.3 Å². The number of rotatable bonds is 5. The number of aliphatic hydroxyl groups excluding tert-OH is 1. The van der Waals surface area contributed by atoms with Gasteiger partial charge in [-0.2, -0.15) is 0 Å². The number of fused-ring (bicyclic) bond motifs is 3. The van der Waals surface area contributed by atoms with E-state index in [9.17, 15) is 0 Å². The maximum absolute atomic E-state index is 7.57. The number of hydrogen-bond donors (Lipinski definition) is 1. The zero-order valence-corrected chi connectivity index (χ0v) is 31.1. The highest BCUT2D eigenvalue weighted by Crippen LogP contribution is 2.29. The Balaban J connectivity index is 0.000000328. The second-order valence-corrected chi connectivity index (χ2v) is 10.5. The quantitative estimate of drug-likeness (QED) is 0.197. The van der Waals surface area contributed by atoms with Crippen LogP contribution in [0.1, 0.15) is 31.9 Å². The number of aliphatic hydroxyl groups is 1. The van der Waals surface area contributed by atoms with Crippen molar-refractivity contribution >= 4 is 32.3 Å². The molecular weight excluding hydrogens is 612 g/mol. The molecule has 0 bridgehead atoms. The van der Waals surface area contributed by atoms with Gasteiger partial charge in [0.25, 0.3) is 0 Å². The molecular formula is C43H56O6. The van der Waals surface area contributed by atoms with Gasteiger partial charge in [0.05, 0.1) is 21.3 Å². The molecule has 0 radical (unpaired) electrons. The molecule has 0 aliphatic heterocycles. The third kappa shape index (κ3) is 13.4. The SMILES string of the molecule is CCO.CCc1c(OC)ccc2ccccc12.CCc1c(OC)ccc2ccccc12.COC.COC.COc1cccc2ccccc12. The number of aryl methyl sites for hydroxylation is 2. The van der Waals surface area contributed by atoms with Crippen molar-refractivity contribution in [3.05, 3.63) is 126 Å². The van der Waals surface area contributed by atoms with Gasteiger partial charge in [-0.25, -0.2) is 0 Å². The Labute approximate surface area is 294 Å². The maximum atomic E-state index is 7.57. The minimum absolute atomic E-state index is 0.250. The summed E-state index contributed by atoms with van der Waals surface area (Å²) < 4.78 is 24.4. The number of hydrogen-bond acceptors (Lipinski definition) is 6. The first-order valence-electron chi connectivity index (χ1n) is 16.4. The molecule has 0 amide bonds. The fraction of sp³-hybridized carbons (Fsp3) is 0.302. The summed E-state index contributed by atoms with van der Waals surface area (Å²) in [5.41, 5.74) is 2.59. The average molecular weight is 669 g/mol. The van der Waals surface area contributed by atoms with Gasteiger partial charge in [-0.1, -0.05) is 111 Å². The summed E-state index contributed by atoms with van der Waals surface area (Å²) in [6.07, 6.45) is 2.01. The van der Waals surface area contributed by atoms with E-state index >= 15 is 0 Å². The fourth-order valence-electron chi connectivity index (χ4n) is 5.12. The molecule has 6 heteroatoms. The molecule has 6 aromatic rings. The fourth-order valence-corrected chi connectivity index (χ4v) is 5.12. The van der Waals surface area contributed by atoms with Gasteiger partial charge >= 0.3 is 0 Å². The van der Waals surface area contributed by atoms with E-state index in [-0.39, 0.29) is 6.61 Å². The van der Waals surface area contributed by atoms with E-state index in [1.54, 1.807) is 56.7 Å². The van der Waals surface area contributed by atoms with Crippen LogP contribution >= 0.6 is 0 Å². The van der Waals surface area contributed by atoms with Crippen LogP contribution in [0.4, 0.5) is 0 Å². The first kappa shape index (κ1) is 42.4. The van der Waals surface area contributed by atoms with E-state index in [2.05, 4.69) is 102 Å². The summed E-state index contributed by atoms with van der Waals surface area (Å²) in [5, 5.41) is 15.1. The topological polar surface area (TPSA) is 66.4 Å². The molecule has 0 aliphatic carbocycles. The molecule has 0 saturated heterocycles. The van der Waals surface area contributed by atoms with E-state index in [1.807, 2.05) is 36.4 Å². The van der Waals surface area contributed by atoms with Crippen LogP contribution in [0.5, 0.6) is 17.2 Å². The third-order valence-electron chi connectivity index (χ3n) is 7.11. The largest absolute Gasteiger partial charge is 0.496 e. The molecule has 0 fully saturated rings. The summed E-state index contributed by atoms with van der Waals surface area (Å²) in [5.74, 6) is 2.92. The summed E-state index contributed by atoms with van der Waals surface area (Å²) >= 11 is 0. The van der Waals surface area contributed by atoms with Crippen LogP contribution in [-0.4, -0.2) is 61.5 Å². The Hall–Kier alpha value is -4.62.